The molecule has 0 aromatic heterocycles. The van der Waals surface area contributed by atoms with Crippen molar-refractivity contribution in [3.8, 4) is 0 Å². The molecule has 0 radical (unpaired) electrons. The van der Waals surface area contributed by atoms with Crippen LogP contribution in [0.2, 0.25) is 0 Å². The quantitative estimate of drug-likeness (QED) is 0.0443. The summed E-state index contributed by atoms with van der Waals surface area (Å²) in [6.45, 7) is 9.85. The maximum absolute atomic E-state index is 14.9. The molecule has 0 bridgehead atoms. The van der Waals surface area contributed by atoms with Crippen molar-refractivity contribution in [1.82, 2.24) is 21.3 Å². The first-order valence-electron chi connectivity index (χ1n) is 20.5. The maximum Gasteiger partial charge on any atom is 0.329 e. The molecule has 62 heavy (non-hydrogen) atoms. The molecule has 0 aliphatic heterocycles. The third-order valence-electron chi connectivity index (χ3n) is 10.1. The van der Waals surface area contributed by atoms with Gasteiger partial charge in [-0.3, -0.25) is 19.2 Å². The fourth-order valence-corrected chi connectivity index (χ4v) is 10.6. The number of thioether (sulfide) groups is 4. The van der Waals surface area contributed by atoms with Gasteiger partial charge in [-0.2, -0.15) is 47.0 Å². The lowest BCUT2D eigenvalue weighted by atomic mass is 9.94. The van der Waals surface area contributed by atoms with Crippen LogP contribution < -0.4 is 21.3 Å². The molecule has 332 valence electrons. The van der Waals surface area contributed by atoms with Crippen molar-refractivity contribution in [3.05, 3.63) is 144 Å². The molecule has 0 unspecified atom stereocenters. The number of benzene rings is 4. The lowest BCUT2D eigenvalue weighted by Crippen LogP contribution is -2.71. The minimum Gasteiger partial charge on any atom is -0.479 e. The van der Waals surface area contributed by atoms with E-state index in [1.165, 1.54) is 54.0 Å². The summed E-state index contributed by atoms with van der Waals surface area (Å²) in [7, 11) is 0. The van der Waals surface area contributed by atoms with E-state index in [9.17, 15) is 29.1 Å². The normalized spacial score (nSPS) is 15.1. The number of amides is 4. The number of hydrogen-bond acceptors (Lipinski definition) is 9. The molecule has 4 amide bonds. The van der Waals surface area contributed by atoms with Crippen LogP contribution in [0.15, 0.2) is 121 Å². The van der Waals surface area contributed by atoms with Crippen LogP contribution in [-0.4, -0.2) is 79.9 Å². The number of rotatable bonds is 25. The van der Waals surface area contributed by atoms with Crippen LogP contribution in [0.4, 0.5) is 0 Å². The fraction of sp³-hybridized carbons (Fsp3) is 0.396. The predicted molar refractivity (Wildman–Crippen MR) is 259 cm³/mol. The van der Waals surface area contributed by atoms with Gasteiger partial charge in [-0.15, -0.1) is 0 Å². The number of carboxylic acid groups (broad SMARTS) is 1. The van der Waals surface area contributed by atoms with E-state index in [1.54, 1.807) is 34.6 Å². The monoisotopic (exact) mass is 916 g/mol. The van der Waals surface area contributed by atoms with E-state index in [1.807, 2.05) is 121 Å². The van der Waals surface area contributed by atoms with Gasteiger partial charge in [0, 0.05) is 51.9 Å². The molecular formula is C48H60N4O6S4. The van der Waals surface area contributed by atoms with Crippen molar-refractivity contribution in [1.29, 1.82) is 0 Å². The Morgan fingerprint density at radius 1 is 0.435 bits per heavy atom. The van der Waals surface area contributed by atoms with Crippen LogP contribution in [0.25, 0.3) is 0 Å². The van der Waals surface area contributed by atoms with E-state index >= 15 is 0 Å². The lowest BCUT2D eigenvalue weighted by Gasteiger charge is -2.39. The number of carboxylic acids is 1. The molecule has 14 heteroatoms. The molecule has 4 aromatic rings. The number of nitrogens with one attached hydrogen (secondary N) is 4. The molecule has 0 aliphatic rings. The highest BCUT2D eigenvalue weighted by atomic mass is 32.2. The summed E-state index contributed by atoms with van der Waals surface area (Å²) in [4.78, 5) is 70.2. The second-order valence-electron chi connectivity index (χ2n) is 16.6. The van der Waals surface area contributed by atoms with Crippen LogP contribution in [0.1, 0.15) is 63.8 Å². The molecule has 5 N–H and O–H groups in total. The average Bonchev–Trinajstić information content (AvgIpc) is 3.25. The van der Waals surface area contributed by atoms with Crippen LogP contribution in [0.3, 0.4) is 0 Å². The first kappa shape index (κ1) is 50.3. The standard InChI is InChI=1S/C48H60N4O6S4/c1-35(2)40(53)49-45(3,31-59-27-36-19-11-7-12-20-36)41(54)50-46(4,32-60-28-37-21-13-8-14-22-37)42(55)51-47(5,33-61-29-38-23-15-9-16-24-38)43(56)52-48(6,44(57)58)34-62-30-39-25-17-10-18-26-39/h7-26,35H,27-34H2,1-6H3,(H,49,53)(H,50,54)(H,51,55)(H,52,56)(H,57,58)/t45-,46+,47-,48+/m0/s1. The Balaban J connectivity index is 1.64. The van der Waals surface area contributed by atoms with Gasteiger partial charge < -0.3 is 26.4 Å². The van der Waals surface area contributed by atoms with Crippen LogP contribution in [0, 0.1) is 5.92 Å². The number of hydrogen-bond donors (Lipinski definition) is 5. The Bertz CT molecular complexity index is 2070. The van der Waals surface area contributed by atoms with Crippen LogP contribution in [-0.2, 0) is 47.0 Å². The highest BCUT2D eigenvalue weighted by Crippen LogP contribution is 2.27. The van der Waals surface area contributed by atoms with Crippen molar-refractivity contribution < 1.29 is 29.1 Å². The van der Waals surface area contributed by atoms with Crippen LogP contribution in [0.5, 0.6) is 0 Å². The molecular weight excluding hydrogens is 857 g/mol. The van der Waals surface area contributed by atoms with Gasteiger partial charge in [0.1, 0.15) is 22.2 Å². The van der Waals surface area contributed by atoms with Crippen molar-refractivity contribution in [2.24, 2.45) is 5.92 Å². The van der Waals surface area contributed by atoms with E-state index in [4.69, 9.17) is 0 Å². The van der Waals surface area contributed by atoms with Gasteiger partial charge >= 0.3 is 5.97 Å². The van der Waals surface area contributed by atoms with Crippen molar-refractivity contribution >= 4 is 76.6 Å². The van der Waals surface area contributed by atoms with Gasteiger partial charge in [0.25, 0.3) is 0 Å². The van der Waals surface area contributed by atoms with E-state index < -0.39 is 51.8 Å². The van der Waals surface area contributed by atoms with Crippen molar-refractivity contribution in [2.75, 3.05) is 23.0 Å². The number of aliphatic carboxylic acids is 1. The van der Waals surface area contributed by atoms with Gasteiger partial charge in [0.05, 0.1) is 0 Å². The maximum atomic E-state index is 14.9. The van der Waals surface area contributed by atoms with Gasteiger partial charge in [-0.05, 0) is 49.9 Å². The van der Waals surface area contributed by atoms with Gasteiger partial charge in [-0.1, -0.05) is 135 Å². The summed E-state index contributed by atoms with van der Waals surface area (Å²) in [5.74, 6) is -1.09. The minimum atomic E-state index is -1.68. The summed E-state index contributed by atoms with van der Waals surface area (Å²) in [5, 5.41) is 22.3. The van der Waals surface area contributed by atoms with E-state index in [0.717, 1.165) is 22.3 Å². The Kier molecular flexibility index (Phi) is 19.4. The zero-order valence-corrected chi connectivity index (χ0v) is 39.7. The largest absolute Gasteiger partial charge is 0.479 e. The zero-order chi connectivity index (χ0) is 45.2. The predicted octanol–water partition coefficient (Wildman–Crippen LogP) is 7.96. The van der Waals surface area contributed by atoms with E-state index in [2.05, 4.69) is 21.3 Å². The van der Waals surface area contributed by atoms with Crippen LogP contribution >= 0.6 is 47.0 Å². The van der Waals surface area contributed by atoms with Gasteiger partial charge in [0.15, 0.2) is 0 Å². The molecule has 0 fully saturated rings. The third kappa shape index (κ3) is 15.5. The molecule has 4 atom stereocenters. The molecule has 10 nitrogen and oxygen atoms in total. The van der Waals surface area contributed by atoms with Gasteiger partial charge in [0.2, 0.25) is 23.6 Å². The summed E-state index contributed by atoms with van der Waals surface area (Å²) >= 11 is 5.74. The van der Waals surface area contributed by atoms with Crippen molar-refractivity contribution in [2.45, 2.75) is 86.7 Å². The molecule has 0 aliphatic carbocycles. The first-order chi connectivity index (χ1) is 29.5. The zero-order valence-electron chi connectivity index (χ0n) is 36.4. The second-order valence-corrected chi connectivity index (χ2v) is 20.5. The highest BCUT2D eigenvalue weighted by molar-refractivity contribution is 7.99. The first-order valence-corrected chi connectivity index (χ1v) is 25.1. The molecule has 0 saturated heterocycles. The molecule has 4 rings (SSSR count). The lowest BCUT2D eigenvalue weighted by molar-refractivity contribution is -0.147. The number of carbonyl (C=O) groups is 5. The van der Waals surface area contributed by atoms with Gasteiger partial charge in [-0.25, -0.2) is 4.79 Å². The van der Waals surface area contributed by atoms with E-state index in [-0.39, 0.29) is 28.9 Å². The summed E-state index contributed by atoms with van der Waals surface area (Å²) in [6.07, 6.45) is 0. The topological polar surface area (TPSA) is 154 Å². The molecule has 0 heterocycles. The molecule has 4 aromatic carbocycles. The highest BCUT2D eigenvalue weighted by Gasteiger charge is 2.47. The molecule has 0 saturated carbocycles. The Labute approximate surface area is 384 Å². The molecule has 0 spiro atoms. The SMILES string of the molecule is CC(C)C(=O)N[C@@](C)(CSCc1ccccc1)C(=O)N[C@](C)(CSCc1ccccc1)C(=O)N[C@@](C)(CSCc1ccccc1)C(=O)N[C@](C)(CSCc1ccccc1)C(=O)O. The summed E-state index contributed by atoms with van der Waals surface area (Å²) < 4.78 is 0. The Morgan fingerprint density at radius 2 is 0.677 bits per heavy atom. The second kappa shape index (κ2) is 23.9. The van der Waals surface area contributed by atoms with Crippen molar-refractivity contribution in [3.63, 3.8) is 0 Å². The fourth-order valence-electron chi connectivity index (χ4n) is 6.00. The smallest absolute Gasteiger partial charge is 0.329 e. The Morgan fingerprint density at radius 3 is 0.935 bits per heavy atom. The summed E-state index contributed by atoms with van der Waals surface area (Å²) in [5.41, 5.74) is -2.20. The van der Waals surface area contributed by atoms with E-state index in [0.29, 0.717) is 23.0 Å². The third-order valence-corrected chi connectivity index (χ3v) is 15.4. The minimum absolute atomic E-state index is 0.0665. The summed E-state index contributed by atoms with van der Waals surface area (Å²) in [6, 6.07) is 38.9. The average molecular weight is 917 g/mol. The Hall–Kier alpha value is -4.37. The number of carbonyl (C=O) groups excluding carboxylic acids is 4.